The number of esters is 1. The van der Waals surface area contributed by atoms with E-state index in [4.69, 9.17) is 23.7 Å². The first-order valence-electron chi connectivity index (χ1n) is 7.86. The second-order valence-electron chi connectivity index (χ2n) is 5.26. The van der Waals surface area contributed by atoms with Gasteiger partial charge in [0.2, 0.25) is 0 Å². The monoisotopic (exact) mass is 375 g/mol. The summed E-state index contributed by atoms with van der Waals surface area (Å²) in [6.45, 7) is 0. The van der Waals surface area contributed by atoms with E-state index in [-0.39, 0.29) is 16.8 Å². The molecule has 0 aromatic heterocycles. The average Bonchev–Trinajstić information content (AvgIpc) is 2.72. The smallest absolute Gasteiger partial charge is 0.340 e. The van der Waals surface area contributed by atoms with Gasteiger partial charge in [0.25, 0.3) is 5.91 Å². The number of benzene rings is 2. The minimum absolute atomic E-state index is 0.157. The minimum atomic E-state index is -0.608. The van der Waals surface area contributed by atoms with Gasteiger partial charge in [-0.1, -0.05) is 0 Å². The van der Waals surface area contributed by atoms with Crippen molar-refractivity contribution in [1.82, 2.24) is 0 Å². The van der Waals surface area contributed by atoms with E-state index in [2.05, 4.69) is 5.32 Å². The fourth-order valence-electron chi connectivity index (χ4n) is 2.43. The SMILES string of the molecule is COC(=O)c1cc(OC)ccc1NC(=O)c1cc(OC)c(OC)cc1OC. The summed E-state index contributed by atoms with van der Waals surface area (Å²) >= 11 is 0. The highest BCUT2D eigenvalue weighted by molar-refractivity contribution is 6.09. The van der Waals surface area contributed by atoms with E-state index in [9.17, 15) is 9.59 Å². The van der Waals surface area contributed by atoms with Gasteiger partial charge in [-0.25, -0.2) is 4.79 Å². The van der Waals surface area contributed by atoms with Crippen LogP contribution in [0.5, 0.6) is 23.0 Å². The van der Waals surface area contributed by atoms with Crippen molar-refractivity contribution >= 4 is 17.6 Å². The summed E-state index contributed by atoms with van der Waals surface area (Å²) in [6, 6.07) is 7.69. The maximum absolute atomic E-state index is 12.8. The number of hydrogen-bond donors (Lipinski definition) is 1. The van der Waals surface area contributed by atoms with Crippen LogP contribution >= 0.6 is 0 Å². The van der Waals surface area contributed by atoms with Gasteiger partial charge in [0.1, 0.15) is 11.5 Å². The minimum Gasteiger partial charge on any atom is -0.497 e. The molecule has 0 radical (unpaired) electrons. The molecule has 0 heterocycles. The molecular weight excluding hydrogens is 354 g/mol. The molecule has 0 saturated heterocycles. The molecule has 0 unspecified atom stereocenters. The zero-order valence-electron chi connectivity index (χ0n) is 15.7. The van der Waals surface area contributed by atoms with Crippen molar-refractivity contribution in [3.63, 3.8) is 0 Å². The molecule has 2 aromatic rings. The van der Waals surface area contributed by atoms with Crippen LogP contribution in [0.2, 0.25) is 0 Å². The van der Waals surface area contributed by atoms with Crippen molar-refractivity contribution < 1.29 is 33.3 Å². The van der Waals surface area contributed by atoms with E-state index in [1.807, 2.05) is 0 Å². The number of carbonyl (C=O) groups is 2. The zero-order chi connectivity index (χ0) is 20.0. The second-order valence-corrected chi connectivity index (χ2v) is 5.26. The van der Waals surface area contributed by atoms with E-state index >= 15 is 0 Å². The molecule has 0 aliphatic heterocycles. The Morgan fingerprint density at radius 2 is 1.37 bits per heavy atom. The molecule has 0 spiro atoms. The molecule has 0 saturated carbocycles. The highest BCUT2D eigenvalue weighted by Gasteiger charge is 2.21. The van der Waals surface area contributed by atoms with Crippen molar-refractivity contribution in [3.05, 3.63) is 41.5 Å². The summed E-state index contributed by atoms with van der Waals surface area (Å²) in [5.41, 5.74) is 0.635. The van der Waals surface area contributed by atoms with Crippen molar-refractivity contribution in [2.45, 2.75) is 0 Å². The highest BCUT2D eigenvalue weighted by Crippen LogP contribution is 2.35. The van der Waals surface area contributed by atoms with E-state index < -0.39 is 11.9 Å². The fourth-order valence-corrected chi connectivity index (χ4v) is 2.43. The molecule has 0 atom stereocenters. The Morgan fingerprint density at radius 1 is 0.741 bits per heavy atom. The zero-order valence-corrected chi connectivity index (χ0v) is 15.7. The molecule has 8 nitrogen and oxygen atoms in total. The summed E-state index contributed by atoms with van der Waals surface area (Å²) in [7, 11) is 7.11. The van der Waals surface area contributed by atoms with Crippen LogP contribution in [0, 0.1) is 0 Å². The molecule has 144 valence electrons. The molecule has 8 heteroatoms. The lowest BCUT2D eigenvalue weighted by molar-refractivity contribution is 0.0601. The Morgan fingerprint density at radius 3 is 1.93 bits per heavy atom. The Labute approximate surface area is 156 Å². The summed E-state index contributed by atoms with van der Waals surface area (Å²) in [4.78, 5) is 24.8. The van der Waals surface area contributed by atoms with Crippen LogP contribution in [0.1, 0.15) is 20.7 Å². The van der Waals surface area contributed by atoms with Gasteiger partial charge in [0, 0.05) is 12.1 Å². The van der Waals surface area contributed by atoms with Crippen LogP contribution in [0.15, 0.2) is 30.3 Å². The van der Waals surface area contributed by atoms with E-state index in [1.165, 1.54) is 47.7 Å². The van der Waals surface area contributed by atoms with Gasteiger partial charge in [-0.05, 0) is 18.2 Å². The topological polar surface area (TPSA) is 92.3 Å². The van der Waals surface area contributed by atoms with E-state index in [0.717, 1.165) is 0 Å². The molecule has 2 aromatic carbocycles. The molecule has 0 fully saturated rings. The third-order valence-corrected chi connectivity index (χ3v) is 3.83. The number of carbonyl (C=O) groups excluding carboxylic acids is 2. The van der Waals surface area contributed by atoms with E-state index in [1.54, 1.807) is 18.2 Å². The lowest BCUT2D eigenvalue weighted by atomic mass is 10.1. The first-order chi connectivity index (χ1) is 13.0. The molecule has 1 N–H and O–H groups in total. The Balaban J connectivity index is 2.44. The van der Waals surface area contributed by atoms with E-state index in [0.29, 0.717) is 23.0 Å². The summed E-state index contributed by atoms with van der Waals surface area (Å²) in [5.74, 6) is 0.430. The number of nitrogens with one attached hydrogen (secondary N) is 1. The third kappa shape index (κ3) is 4.22. The van der Waals surface area contributed by atoms with Crippen molar-refractivity contribution in [2.24, 2.45) is 0 Å². The summed E-state index contributed by atoms with van der Waals surface area (Å²) in [5, 5.41) is 2.69. The molecule has 0 aliphatic carbocycles. The van der Waals surface area contributed by atoms with Crippen LogP contribution in [-0.4, -0.2) is 47.4 Å². The third-order valence-electron chi connectivity index (χ3n) is 3.83. The number of methoxy groups -OCH3 is 5. The van der Waals surface area contributed by atoms with Crippen LogP contribution < -0.4 is 24.3 Å². The average molecular weight is 375 g/mol. The molecule has 2 rings (SSSR count). The molecule has 0 bridgehead atoms. The predicted molar refractivity (Wildman–Crippen MR) is 98.4 cm³/mol. The fraction of sp³-hybridized carbons (Fsp3) is 0.263. The predicted octanol–water partition coefficient (Wildman–Crippen LogP) is 2.76. The molecule has 1 amide bonds. The van der Waals surface area contributed by atoms with Crippen LogP contribution in [0.3, 0.4) is 0 Å². The highest BCUT2D eigenvalue weighted by atomic mass is 16.5. The number of anilines is 1. The number of ether oxygens (including phenoxy) is 5. The van der Waals surface area contributed by atoms with Crippen LogP contribution in [0.4, 0.5) is 5.69 Å². The van der Waals surface area contributed by atoms with Gasteiger partial charge in [-0.15, -0.1) is 0 Å². The summed E-state index contributed by atoms with van der Waals surface area (Å²) in [6.07, 6.45) is 0. The number of amides is 1. The second kappa shape index (κ2) is 8.79. The van der Waals surface area contributed by atoms with Gasteiger partial charge in [0.05, 0.1) is 52.4 Å². The lowest BCUT2D eigenvalue weighted by Crippen LogP contribution is -2.16. The normalized spacial score (nSPS) is 9.96. The van der Waals surface area contributed by atoms with Gasteiger partial charge in [-0.2, -0.15) is 0 Å². The number of hydrogen-bond acceptors (Lipinski definition) is 7. The maximum Gasteiger partial charge on any atom is 0.340 e. The molecule has 27 heavy (non-hydrogen) atoms. The maximum atomic E-state index is 12.8. The standard InChI is InChI=1S/C19H21NO7/c1-23-11-6-7-14(12(8-11)19(22)27-5)20-18(21)13-9-16(25-3)17(26-4)10-15(13)24-2/h6-10H,1-5H3,(H,20,21). The first-order valence-corrected chi connectivity index (χ1v) is 7.86. The van der Waals surface area contributed by atoms with Crippen LogP contribution in [0.25, 0.3) is 0 Å². The Hall–Kier alpha value is -3.42. The largest absolute Gasteiger partial charge is 0.497 e. The molecule has 0 aliphatic rings. The van der Waals surface area contributed by atoms with Gasteiger partial charge in [-0.3, -0.25) is 4.79 Å². The summed E-state index contributed by atoms with van der Waals surface area (Å²) < 4.78 is 25.6. The van der Waals surface area contributed by atoms with Gasteiger partial charge >= 0.3 is 5.97 Å². The Kier molecular flexibility index (Phi) is 6.48. The van der Waals surface area contributed by atoms with Gasteiger partial charge < -0.3 is 29.0 Å². The number of rotatable bonds is 7. The van der Waals surface area contributed by atoms with Crippen molar-refractivity contribution in [3.8, 4) is 23.0 Å². The lowest BCUT2D eigenvalue weighted by Gasteiger charge is -2.15. The first kappa shape index (κ1) is 19.9. The van der Waals surface area contributed by atoms with Crippen LogP contribution in [-0.2, 0) is 4.74 Å². The van der Waals surface area contributed by atoms with Crippen molar-refractivity contribution in [2.75, 3.05) is 40.9 Å². The quantitative estimate of drug-likeness (QED) is 0.744. The van der Waals surface area contributed by atoms with Crippen molar-refractivity contribution in [1.29, 1.82) is 0 Å². The Bertz CT molecular complexity index is 848. The van der Waals surface area contributed by atoms with Gasteiger partial charge in [0.15, 0.2) is 11.5 Å². The molecular formula is C19H21NO7.